The lowest BCUT2D eigenvalue weighted by Crippen LogP contribution is -2.39. The molecule has 1 heterocycles. The minimum Gasteiger partial charge on any atom is -0.342 e. The van der Waals surface area contributed by atoms with Gasteiger partial charge < -0.3 is 10.2 Å². The van der Waals surface area contributed by atoms with E-state index in [9.17, 15) is 4.79 Å². The van der Waals surface area contributed by atoms with E-state index in [1.807, 2.05) is 11.9 Å². The highest BCUT2D eigenvalue weighted by atomic mass is 35.5. The van der Waals surface area contributed by atoms with Crippen molar-refractivity contribution >= 4 is 30.1 Å². The Kier molecular flexibility index (Phi) is 9.33. The maximum Gasteiger partial charge on any atom is 0.232 e. The number of carbonyl (C=O) groups excluding carboxylic acids is 1. The van der Waals surface area contributed by atoms with E-state index in [0.717, 1.165) is 38.4 Å². The van der Waals surface area contributed by atoms with Gasteiger partial charge in [-0.1, -0.05) is 32.9 Å². The van der Waals surface area contributed by atoms with Crippen LogP contribution in [0.2, 0.25) is 0 Å². The van der Waals surface area contributed by atoms with Gasteiger partial charge in [0.15, 0.2) is 0 Å². The Hall–Kier alpha value is -0.710. The number of likely N-dealkylation sites (tertiary alicyclic amines) is 1. The molecule has 0 atom stereocenters. The van der Waals surface area contributed by atoms with Crippen molar-refractivity contribution in [3.63, 3.8) is 0 Å². The number of amides is 1. The lowest BCUT2D eigenvalue weighted by molar-refractivity contribution is -0.129. The average molecular weight is 385 g/mol. The van der Waals surface area contributed by atoms with Crippen LogP contribution in [0.15, 0.2) is 29.2 Å². The summed E-state index contributed by atoms with van der Waals surface area (Å²) in [6, 6.07) is 8.64. The Morgan fingerprint density at radius 2 is 1.80 bits per heavy atom. The predicted octanol–water partition coefficient (Wildman–Crippen LogP) is 4.35. The number of carbonyl (C=O) groups is 1. The molecule has 0 radical (unpaired) electrons. The largest absolute Gasteiger partial charge is 0.342 e. The Morgan fingerprint density at radius 1 is 1.20 bits per heavy atom. The van der Waals surface area contributed by atoms with Crippen molar-refractivity contribution in [1.29, 1.82) is 0 Å². The quantitative estimate of drug-likeness (QED) is 0.740. The van der Waals surface area contributed by atoms with Gasteiger partial charge in [0.1, 0.15) is 0 Å². The molecule has 142 valence electrons. The Labute approximate surface area is 163 Å². The van der Waals surface area contributed by atoms with Crippen LogP contribution in [0.1, 0.15) is 45.6 Å². The van der Waals surface area contributed by atoms with Crippen molar-refractivity contribution in [2.24, 2.45) is 5.92 Å². The van der Waals surface area contributed by atoms with E-state index >= 15 is 0 Å². The maximum atomic E-state index is 12.4. The number of halogens is 1. The first-order valence-corrected chi connectivity index (χ1v) is 10.0. The minimum absolute atomic E-state index is 0. The molecule has 25 heavy (non-hydrogen) atoms. The maximum absolute atomic E-state index is 12.4. The second-order valence-corrected chi connectivity index (χ2v) is 8.83. The van der Waals surface area contributed by atoms with Crippen LogP contribution in [0, 0.1) is 5.92 Å². The lowest BCUT2D eigenvalue weighted by Gasteiger charge is -2.32. The first-order chi connectivity index (χ1) is 11.4. The van der Waals surface area contributed by atoms with E-state index in [-0.39, 0.29) is 23.7 Å². The van der Waals surface area contributed by atoms with E-state index in [0.29, 0.717) is 5.75 Å². The summed E-state index contributed by atoms with van der Waals surface area (Å²) < 4.78 is 0. The summed E-state index contributed by atoms with van der Waals surface area (Å²) in [5.41, 5.74) is 1.51. The van der Waals surface area contributed by atoms with Crippen LogP contribution in [-0.4, -0.2) is 43.2 Å². The second kappa shape index (κ2) is 10.4. The van der Waals surface area contributed by atoms with Crippen LogP contribution in [0.3, 0.4) is 0 Å². The molecule has 0 saturated carbocycles. The Morgan fingerprint density at radius 3 is 2.32 bits per heavy atom. The van der Waals surface area contributed by atoms with Gasteiger partial charge in [-0.15, -0.1) is 24.2 Å². The molecule has 0 aromatic heterocycles. The Bertz CT molecular complexity index is 519. The molecule has 1 N–H and O–H groups in total. The molecule has 1 aromatic carbocycles. The van der Waals surface area contributed by atoms with Gasteiger partial charge in [-0.2, -0.15) is 0 Å². The SMILES string of the molecule is CNCCC1CCN(C(=O)CSc2ccc(C(C)(C)C)cc2)CC1.Cl. The number of piperidine rings is 1. The molecule has 1 amide bonds. The highest BCUT2D eigenvalue weighted by Gasteiger charge is 2.22. The fourth-order valence-corrected chi connectivity index (χ4v) is 3.91. The molecule has 3 nitrogen and oxygen atoms in total. The molecular formula is C20H33ClN2OS. The van der Waals surface area contributed by atoms with E-state index in [2.05, 4.69) is 50.4 Å². The van der Waals surface area contributed by atoms with E-state index < -0.39 is 0 Å². The van der Waals surface area contributed by atoms with Crippen LogP contribution < -0.4 is 5.32 Å². The molecule has 1 aromatic rings. The molecule has 0 bridgehead atoms. The van der Waals surface area contributed by atoms with Gasteiger partial charge in [0, 0.05) is 18.0 Å². The zero-order valence-corrected chi connectivity index (χ0v) is 17.6. The number of benzene rings is 1. The summed E-state index contributed by atoms with van der Waals surface area (Å²) in [7, 11) is 2.00. The number of hydrogen-bond donors (Lipinski definition) is 1. The molecule has 1 saturated heterocycles. The number of rotatable bonds is 6. The molecule has 1 fully saturated rings. The number of nitrogens with zero attached hydrogens (tertiary/aromatic N) is 1. The van der Waals surface area contributed by atoms with Gasteiger partial charge in [-0.05, 0) is 61.9 Å². The highest BCUT2D eigenvalue weighted by molar-refractivity contribution is 8.00. The molecule has 0 aliphatic carbocycles. The van der Waals surface area contributed by atoms with E-state index in [4.69, 9.17) is 0 Å². The summed E-state index contributed by atoms with van der Waals surface area (Å²) >= 11 is 1.65. The number of nitrogens with one attached hydrogen (secondary N) is 1. The summed E-state index contributed by atoms with van der Waals surface area (Å²) in [4.78, 5) is 15.6. The third-order valence-electron chi connectivity index (χ3n) is 4.85. The van der Waals surface area contributed by atoms with Gasteiger partial charge in [-0.25, -0.2) is 0 Å². The van der Waals surface area contributed by atoms with Crippen LogP contribution in [-0.2, 0) is 10.2 Å². The zero-order valence-electron chi connectivity index (χ0n) is 16.0. The standard InChI is InChI=1S/C20H32N2OS.ClH/c1-20(2,3)17-5-7-18(8-6-17)24-15-19(23)22-13-10-16(11-14-22)9-12-21-4;/h5-8,16,21H,9-15H2,1-4H3;1H. The molecule has 5 heteroatoms. The first-order valence-electron chi connectivity index (χ1n) is 9.06. The smallest absolute Gasteiger partial charge is 0.232 e. The van der Waals surface area contributed by atoms with Gasteiger partial charge in [0.25, 0.3) is 0 Å². The predicted molar refractivity (Wildman–Crippen MR) is 111 cm³/mol. The third-order valence-corrected chi connectivity index (χ3v) is 5.85. The van der Waals surface area contributed by atoms with Gasteiger partial charge in [0.2, 0.25) is 5.91 Å². The van der Waals surface area contributed by atoms with Gasteiger partial charge >= 0.3 is 0 Å². The fraction of sp³-hybridized carbons (Fsp3) is 0.650. The van der Waals surface area contributed by atoms with Crippen molar-refractivity contribution in [2.45, 2.75) is 50.3 Å². The molecule has 0 unspecified atom stereocenters. The Balaban J connectivity index is 0.00000312. The van der Waals surface area contributed by atoms with Crippen molar-refractivity contribution < 1.29 is 4.79 Å². The van der Waals surface area contributed by atoms with Gasteiger partial charge in [0.05, 0.1) is 5.75 Å². The van der Waals surface area contributed by atoms with Crippen LogP contribution in [0.4, 0.5) is 0 Å². The summed E-state index contributed by atoms with van der Waals surface area (Å²) in [6.45, 7) is 9.60. The summed E-state index contributed by atoms with van der Waals surface area (Å²) in [6.07, 6.45) is 3.53. The molecule has 1 aliphatic rings. The van der Waals surface area contributed by atoms with E-state index in [1.165, 1.54) is 16.9 Å². The monoisotopic (exact) mass is 384 g/mol. The first kappa shape index (κ1) is 22.3. The van der Waals surface area contributed by atoms with Crippen LogP contribution in [0.5, 0.6) is 0 Å². The topological polar surface area (TPSA) is 32.3 Å². The lowest BCUT2D eigenvalue weighted by atomic mass is 9.87. The van der Waals surface area contributed by atoms with Crippen molar-refractivity contribution in [3.8, 4) is 0 Å². The number of hydrogen-bond acceptors (Lipinski definition) is 3. The molecule has 1 aliphatic heterocycles. The van der Waals surface area contributed by atoms with Gasteiger partial charge in [-0.3, -0.25) is 4.79 Å². The molecule has 2 rings (SSSR count). The molecular weight excluding hydrogens is 352 g/mol. The fourth-order valence-electron chi connectivity index (χ4n) is 3.11. The van der Waals surface area contributed by atoms with Crippen LogP contribution >= 0.6 is 24.2 Å². The summed E-state index contributed by atoms with van der Waals surface area (Å²) in [5.74, 6) is 1.61. The normalized spacial score (nSPS) is 15.8. The van der Waals surface area contributed by atoms with Crippen molar-refractivity contribution in [1.82, 2.24) is 10.2 Å². The minimum atomic E-state index is 0. The van der Waals surface area contributed by atoms with Crippen molar-refractivity contribution in [2.75, 3.05) is 32.4 Å². The highest BCUT2D eigenvalue weighted by Crippen LogP contribution is 2.26. The second-order valence-electron chi connectivity index (χ2n) is 7.78. The average Bonchev–Trinajstić information content (AvgIpc) is 2.58. The van der Waals surface area contributed by atoms with E-state index in [1.54, 1.807) is 11.8 Å². The summed E-state index contributed by atoms with van der Waals surface area (Å²) in [5, 5.41) is 3.22. The zero-order chi connectivity index (χ0) is 17.6. The molecule has 0 spiro atoms. The third kappa shape index (κ3) is 7.20. The number of thioether (sulfide) groups is 1. The van der Waals surface area contributed by atoms with Crippen molar-refractivity contribution in [3.05, 3.63) is 29.8 Å². The van der Waals surface area contributed by atoms with Crippen LogP contribution in [0.25, 0.3) is 0 Å².